The Morgan fingerprint density at radius 2 is 2.24 bits per heavy atom. The molecule has 2 heterocycles. The molecule has 17 heavy (non-hydrogen) atoms. The van der Waals surface area contributed by atoms with Gasteiger partial charge in [-0.2, -0.15) is 0 Å². The number of fused-ring (bicyclic) bond motifs is 1. The molecule has 1 aromatic heterocycles. The van der Waals surface area contributed by atoms with E-state index in [4.69, 9.17) is 11.6 Å². The van der Waals surface area contributed by atoms with E-state index >= 15 is 0 Å². The molecule has 90 valence electrons. The molecular weight excluding hydrogens is 232 g/mol. The molecule has 1 aromatic rings. The normalized spacial score (nSPS) is 28.4. The van der Waals surface area contributed by atoms with Gasteiger partial charge in [0.2, 0.25) is 0 Å². The number of halogens is 1. The Morgan fingerprint density at radius 1 is 1.29 bits per heavy atom. The standard InChI is InChI=1S/C14H17ClN2/c15-14-6-5-12(9-17-14)11-4-3-10-2-1-7-16-13(10)8-11/h5-6,8-10,13,16H,1-4,7H2/t10-,13+/m1/s1. The van der Waals surface area contributed by atoms with E-state index < -0.39 is 0 Å². The number of piperidine rings is 1. The van der Waals surface area contributed by atoms with E-state index in [-0.39, 0.29) is 0 Å². The third-order valence-electron chi connectivity index (χ3n) is 3.90. The minimum absolute atomic E-state index is 0.568. The molecule has 0 aromatic carbocycles. The Balaban J connectivity index is 1.84. The van der Waals surface area contributed by atoms with Crippen molar-refractivity contribution in [3.63, 3.8) is 0 Å². The maximum absolute atomic E-state index is 5.82. The largest absolute Gasteiger partial charge is 0.310 e. The number of pyridine rings is 1. The van der Waals surface area contributed by atoms with Crippen LogP contribution in [-0.4, -0.2) is 17.6 Å². The first kappa shape index (κ1) is 11.2. The number of allylic oxidation sites excluding steroid dienone is 1. The molecule has 0 saturated carbocycles. The Bertz CT molecular complexity index is 424. The van der Waals surface area contributed by atoms with Crippen LogP contribution >= 0.6 is 11.6 Å². The highest BCUT2D eigenvalue weighted by Gasteiger charge is 2.27. The molecule has 0 radical (unpaired) electrons. The van der Waals surface area contributed by atoms with Crippen molar-refractivity contribution in [1.29, 1.82) is 0 Å². The van der Waals surface area contributed by atoms with Crippen molar-refractivity contribution in [1.82, 2.24) is 10.3 Å². The van der Waals surface area contributed by atoms with Crippen LogP contribution in [0.3, 0.4) is 0 Å². The van der Waals surface area contributed by atoms with Gasteiger partial charge in [0.1, 0.15) is 5.15 Å². The number of nitrogens with one attached hydrogen (secondary N) is 1. The first-order valence-electron chi connectivity index (χ1n) is 6.39. The van der Waals surface area contributed by atoms with Crippen molar-refractivity contribution in [3.8, 4) is 0 Å². The molecule has 0 unspecified atom stereocenters. The molecule has 2 aliphatic rings. The van der Waals surface area contributed by atoms with Gasteiger partial charge in [0.05, 0.1) is 0 Å². The van der Waals surface area contributed by atoms with Gasteiger partial charge in [-0.1, -0.05) is 23.7 Å². The molecule has 1 fully saturated rings. The number of hydrogen-bond donors (Lipinski definition) is 1. The van der Waals surface area contributed by atoms with E-state index in [1.54, 1.807) is 0 Å². The second-order valence-electron chi connectivity index (χ2n) is 4.98. The third-order valence-corrected chi connectivity index (χ3v) is 4.13. The first-order chi connectivity index (χ1) is 8.33. The van der Waals surface area contributed by atoms with E-state index in [0.29, 0.717) is 11.2 Å². The summed E-state index contributed by atoms with van der Waals surface area (Å²) in [6.45, 7) is 1.16. The predicted octanol–water partition coefficient (Wildman–Crippen LogP) is 3.28. The van der Waals surface area contributed by atoms with Crippen LogP contribution < -0.4 is 5.32 Å². The fourth-order valence-electron chi connectivity index (χ4n) is 2.95. The average Bonchev–Trinajstić information content (AvgIpc) is 2.39. The predicted molar refractivity (Wildman–Crippen MR) is 71.0 cm³/mol. The van der Waals surface area contributed by atoms with Gasteiger partial charge in [0.25, 0.3) is 0 Å². The van der Waals surface area contributed by atoms with Gasteiger partial charge in [-0.3, -0.25) is 0 Å². The fraction of sp³-hybridized carbons (Fsp3) is 0.500. The summed E-state index contributed by atoms with van der Waals surface area (Å²) in [6.07, 6.45) is 9.46. The fourth-order valence-corrected chi connectivity index (χ4v) is 3.06. The third kappa shape index (κ3) is 2.38. The summed E-state index contributed by atoms with van der Waals surface area (Å²) < 4.78 is 0. The van der Waals surface area contributed by atoms with Crippen LogP contribution in [0.25, 0.3) is 5.57 Å². The zero-order valence-electron chi connectivity index (χ0n) is 9.82. The van der Waals surface area contributed by atoms with E-state index in [2.05, 4.69) is 22.4 Å². The van der Waals surface area contributed by atoms with Crippen molar-refractivity contribution < 1.29 is 0 Å². The van der Waals surface area contributed by atoms with Gasteiger partial charge < -0.3 is 5.32 Å². The summed E-state index contributed by atoms with van der Waals surface area (Å²) in [7, 11) is 0. The highest BCUT2D eigenvalue weighted by atomic mass is 35.5. The molecule has 0 spiro atoms. The lowest BCUT2D eigenvalue weighted by atomic mass is 9.79. The van der Waals surface area contributed by atoms with Crippen LogP contribution in [0.1, 0.15) is 31.2 Å². The molecule has 0 amide bonds. The van der Waals surface area contributed by atoms with Gasteiger partial charge in [-0.25, -0.2) is 4.98 Å². The Labute approximate surface area is 107 Å². The van der Waals surface area contributed by atoms with Crippen molar-refractivity contribution in [2.75, 3.05) is 6.54 Å². The molecule has 1 aliphatic carbocycles. The molecule has 2 nitrogen and oxygen atoms in total. The van der Waals surface area contributed by atoms with Crippen molar-refractivity contribution in [3.05, 3.63) is 35.1 Å². The maximum atomic E-state index is 5.82. The molecule has 1 aliphatic heterocycles. The number of nitrogens with zero attached hydrogens (tertiary/aromatic N) is 1. The number of hydrogen-bond acceptors (Lipinski definition) is 2. The zero-order valence-corrected chi connectivity index (χ0v) is 10.6. The topological polar surface area (TPSA) is 24.9 Å². The SMILES string of the molecule is Clc1ccc(C2=C[C@@H]3NCCC[C@@H]3CC2)cn1. The molecule has 1 N–H and O–H groups in total. The second kappa shape index (κ2) is 4.79. The van der Waals surface area contributed by atoms with Gasteiger partial charge in [0.15, 0.2) is 0 Å². The molecule has 3 rings (SSSR count). The highest BCUT2D eigenvalue weighted by Crippen LogP contribution is 2.34. The van der Waals surface area contributed by atoms with Crippen molar-refractivity contribution in [2.45, 2.75) is 31.7 Å². The van der Waals surface area contributed by atoms with Crippen LogP contribution in [0.15, 0.2) is 24.4 Å². The minimum Gasteiger partial charge on any atom is -0.310 e. The smallest absolute Gasteiger partial charge is 0.129 e. The summed E-state index contributed by atoms with van der Waals surface area (Å²) in [4.78, 5) is 4.16. The lowest BCUT2D eigenvalue weighted by Gasteiger charge is -2.35. The van der Waals surface area contributed by atoms with Crippen molar-refractivity contribution >= 4 is 17.2 Å². The molecular formula is C14H17ClN2. The summed E-state index contributed by atoms with van der Waals surface area (Å²) in [5.74, 6) is 0.841. The van der Waals surface area contributed by atoms with E-state index in [0.717, 1.165) is 12.5 Å². The summed E-state index contributed by atoms with van der Waals surface area (Å²) in [5.41, 5.74) is 2.64. The van der Waals surface area contributed by atoms with Crippen LogP contribution in [-0.2, 0) is 0 Å². The van der Waals surface area contributed by atoms with Gasteiger partial charge in [-0.15, -0.1) is 0 Å². The van der Waals surface area contributed by atoms with E-state index in [1.807, 2.05) is 12.3 Å². The summed E-state index contributed by atoms with van der Waals surface area (Å²) in [5, 5.41) is 4.18. The Kier molecular flexibility index (Phi) is 3.17. The maximum Gasteiger partial charge on any atom is 0.129 e. The monoisotopic (exact) mass is 248 g/mol. The van der Waals surface area contributed by atoms with Gasteiger partial charge >= 0.3 is 0 Å². The first-order valence-corrected chi connectivity index (χ1v) is 6.77. The summed E-state index contributed by atoms with van der Waals surface area (Å²) in [6, 6.07) is 4.52. The lowest BCUT2D eigenvalue weighted by molar-refractivity contribution is 0.298. The highest BCUT2D eigenvalue weighted by molar-refractivity contribution is 6.29. The van der Waals surface area contributed by atoms with Gasteiger partial charge in [-0.05, 0) is 55.3 Å². The summed E-state index contributed by atoms with van der Waals surface area (Å²) >= 11 is 5.82. The molecule has 3 heteroatoms. The average molecular weight is 249 g/mol. The number of aromatic nitrogens is 1. The van der Waals surface area contributed by atoms with Crippen LogP contribution in [0.5, 0.6) is 0 Å². The Morgan fingerprint density at radius 3 is 3.06 bits per heavy atom. The van der Waals surface area contributed by atoms with E-state index in [1.165, 1.54) is 36.8 Å². The van der Waals surface area contributed by atoms with Crippen LogP contribution in [0.2, 0.25) is 5.15 Å². The quantitative estimate of drug-likeness (QED) is 0.772. The second-order valence-corrected chi connectivity index (χ2v) is 5.37. The zero-order chi connectivity index (χ0) is 11.7. The minimum atomic E-state index is 0.568. The molecule has 0 bridgehead atoms. The van der Waals surface area contributed by atoms with Crippen LogP contribution in [0, 0.1) is 5.92 Å². The molecule has 2 atom stereocenters. The van der Waals surface area contributed by atoms with Gasteiger partial charge in [0, 0.05) is 12.2 Å². The van der Waals surface area contributed by atoms with Crippen LogP contribution in [0.4, 0.5) is 0 Å². The van der Waals surface area contributed by atoms with Crippen molar-refractivity contribution in [2.24, 2.45) is 5.92 Å². The Hall–Kier alpha value is -0.860. The number of rotatable bonds is 1. The van der Waals surface area contributed by atoms with E-state index in [9.17, 15) is 0 Å². The lowest BCUT2D eigenvalue weighted by Crippen LogP contribution is -2.41. The molecule has 1 saturated heterocycles.